The Balaban J connectivity index is 1.74. The van der Waals surface area contributed by atoms with Crippen LogP contribution in [-0.4, -0.2) is 22.1 Å². The Morgan fingerprint density at radius 1 is 1.05 bits per heavy atom. The minimum atomic E-state index is 0.674. The zero-order valence-electron chi connectivity index (χ0n) is 12.2. The summed E-state index contributed by atoms with van der Waals surface area (Å²) in [6.45, 7) is 0.674. The summed E-state index contributed by atoms with van der Waals surface area (Å²) < 4.78 is 5.16. The second-order valence-corrected chi connectivity index (χ2v) is 4.71. The quantitative estimate of drug-likeness (QED) is 0.782. The highest BCUT2D eigenvalue weighted by molar-refractivity contribution is 5.58. The lowest BCUT2D eigenvalue weighted by molar-refractivity contribution is 0.415. The van der Waals surface area contributed by atoms with Crippen molar-refractivity contribution >= 4 is 5.82 Å². The number of hydrogen-bond donors (Lipinski definition) is 1. The molecule has 5 heteroatoms. The average molecular weight is 292 g/mol. The summed E-state index contributed by atoms with van der Waals surface area (Å²) in [5.41, 5.74) is 2.05. The molecule has 3 aromatic rings. The molecule has 2 aromatic heterocycles. The van der Waals surface area contributed by atoms with Crippen molar-refractivity contribution in [1.82, 2.24) is 15.0 Å². The van der Waals surface area contributed by atoms with Crippen molar-refractivity contribution in [3.8, 4) is 17.1 Å². The van der Waals surface area contributed by atoms with Crippen LogP contribution in [0, 0.1) is 0 Å². The maximum atomic E-state index is 5.16. The maximum Gasteiger partial charge on any atom is 0.161 e. The van der Waals surface area contributed by atoms with Crippen molar-refractivity contribution in [3.05, 3.63) is 66.6 Å². The number of anilines is 1. The van der Waals surface area contributed by atoms with E-state index in [1.807, 2.05) is 48.7 Å². The lowest BCUT2D eigenvalue weighted by Gasteiger charge is -2.07. The van der Waals surface area contributed by atoms with E-state index in [0.717, 1.165) is 22.7 Å². The molecule has 0 saturated heterocycles. The fourth-order valence-corrected chi connectivity index (χ4v) is 2.03. The van der Waals surface area contributed by atoms with Gasteiger partial charge in [0.05, 0.1) is 7.11 Å². The molecule has 110 valence electrons. The fourth-order valence-electron chi connectivity index (χ4n) is 2.03. The molecule has 0 amide bonds. The minimum Gasteiger partial charge on any atom is -0.497 e. The predicted molar refractivity (Wildman–Crippen MR) is 85.6 cm³/mol. The van der Waals surface area contributed by atoms with Crippen LogP contribution in [-0.2, 0) is 6.54 Å². The molecule has 0 saturated carbocycles. The summed E-state index contributed by atoms with van der Waals surface area (Å²) in [5.74, 6) is 2.28. The van der Waals surface area contributed by atoms with E-state index in [-0.39, 0.29) is 0 Å². The van der Waals surface area contributed by atoms with Crippen molar-refractivity contribution in [2.24, 2.45) is 0 Å². The number of aromatic nitrogens is 3. The van der Waals surface area contributed by atoms with E-state index >= 15 is 0 Å². The highest BCUT2D eigenvalue weighted by Crippen LogP contribution is 2.20. The van der Waals surface area contributed by atoms with Gasteiger partial charge in [-0.15, -0.1) is 0 Å². The van der Waals surface area contributed by atoms with Crippen LogP contribution in [0.1, 0.15) is 5.56 Å². The maximum absolute atomic E-state index is 5.16. The van der Waals surface area contributed by atoms with Crippen LogP contribution in [0.2, 0.25) is 0 Å². The first kappa shape index (κ1) is 14.0. The molecule has 0 aliphatic heterocycles. The van der Waals surface area contributed by atoms with Crippen LogP contribution >= 0.6 is 0 Å². The fraction of sp³-hybridized carbons (Fsp3) is 0.118. The summed E-state index contributed by atoms with van der Waals surface area (Å²) >= 11 is 0. The number of nitrogens with zero attached hydrogens (tertiary/aromatic N) is 3. The molecule has 0 aliphatic rings. The second kappa shape index (κ2) is 6.67. The molecule has 0 spiro atoms. The van der Waals surface area contributed by atoms with Crippen LogP contribution in [0.15, 0.2) is 61.1 Å². The molecule has 0 fully saturated rings. The third-order valence-corrected chi connectivity index (χ3v) is 3.20. The molecular weight excluding hydrogens is 276 g/mol. The summed E-state index contributed by atoms with van der Waals surface area (Å²) in [4.78, 5) is 12.9. The van der Waals surface area contributed by atoms with Gasteiger partial charge >= 0.3 is 0 Å². The third kappa shape index (κ3) is 3.38. The van der Waals surface area contributed by atoms with Crippen LogP contribution in [0.25, 0.3) is 11.4 Å². The zero-order valence-corrected chi connectivity index (χ0v) is 12.2. The number of hydrogen-bond acceptors (Lipinski definition) is 5. The topological polar surface area (TPSA) is 59.9 Å². The van der Waals surface area contributed by atoms with E-state index in [1.165, 1.54) is 0 Å². The van der Waals surface area contributed by atoms with Gasteiger partial charge in [0.25, 0.3) is 0 Å². The molecule has 1 N–H and O–H groups in total. The predicted octanol–water partition coefficient (Wildman–Crippen LogP) is 3.16. The molecule has 0 radical (unpaired) electrons. The first-order valence-corrected chi connectivity index (χ1v) is 6.95. The van der Waals surface area contributed by atoms with E-state index in [4.69, 9.17) is 4.74 Å². The second-order valence-electron chi connectivity index (χ2n) is 4.71. The van der Waals surface area contributed by atoms with Gasteiger partial charge in [0.1, 0.15) is 11.6 Å². The molecule has 0 aliphatic carbocycles. The number of methoxy groups -OCH3 is 1. The summed E-state index contributed by atoms with van der Waals surface area (Å²) in [6.07, 6.45) is 5.34. The lowest BCUT2D eigenvalue weighted by Crippen LogP contribution is -2.02. The van der Waals surface area contributed by atoms with Gasteiger partial charge < -0.3 is 10.1 Å². The Morgan fingerprint density at radius 3 is 2.64 bits per heavy atom. The van der Waals surface area contributed by atoms with Crippen LogP contribution in [0.4, 0.5) is 5.82 Å². The van der Waals surface area contributed by atoms with Gasteiger partial charge in [-0.05, 0) is 42.0 Å². The highest BCUT2D eigenvalue weighted by Gasteiger charge is 2.03. The standard InChI is InChI=1S/C17H16N4O/c1-22-15-6-4-14(5-7-15)17-19-10-8-16(21-17)20-12-13-3-2-9-18-11-13/h2-11H,12H2,1H3,(H,19,20,21). The van der Waals surface area contributed by atoms with Crippen molar-refractivity contribution in [3.63, 3.8) is 0 Å². The monoisotopic (exact) mass is 292 g/mol. The number of benzene rings is 1. The molecular formula is C17H16N4O. The summed E-state index contributed by atoms with van der Waals surface area (Å²) in [6, 6.07) is 13.5. The SMILES string of the molecule is COc1ccc(-c2nccc(NCc3cccnc3)n2)cc1. The van der Waals surface area contributed by atoms with Crippen molar-refractivity contribution in [2.45, 2.75) is 6.54 Å². The number of rotatable bonds is 5. The van der Waals surface area contributed by atoms with Gasteiger partial charge in [-0.25, -0.2) is 9.97 Å². The van der Waals surface area contributed by atoms with E-state index < -0.39 is 0 Å². The largest absolute Gasteiger partial charge is 0.497 e. The number of ether oxygens (including phenoxy) is 1. The molecule has 0 bridgehead atoms. The van der Waals surface area contributed by atoms with E-state index in [9.17, 15) is 0 Å². The minimum absolute atomic E-state index is 0.674. The number of pyridine rings is 1. The highest BCUT2D eigenvalue weighted by atomic mass is 16.5. The van der Waals surface area contributed by atoms with Crippen molar-refractivity contribution in [1.29, 1.82) is 0 Å². The molecule has 0 atom stereocenters. The smallest absolute Gasteiger partial charge is 0.161 e. The van der Waals surface area contributed by atoms with Gasteiger partial charge in [-0.1, -0.05) is 6.07 Å². The van der Waals surface area contributed by atoms with Gasteiger partial charge in [0, 0.05) is 30.7 Å². The Labute approximate surface area is 129 Å². The average Bonchev–Trinajstić information content (AvgIpc) is 2.61. The lowest BCUT2D eigenvalue weighted by atomic mass is 10.2. The molecule has 22 heavy (non-hydrogen) atoms. The van der Waals surface area contributed by atoms with Gasteiger partial charge in [0.2, 0.25) is 0 Å². The normalized spacial score (nSPS) is 10.2. The first-order chi connectivity index (χ1) is 10.8. The Morgan fingerprint density at radius 2 is 1.91 bits per heavy atom. The van der Waals surface area contributed by atoms with Crippen LogP contribution < -0.4 is 10.1 Å². The molecule has 1 aromatic carbocycles. The summed E-state index contributed by atoms with van der Waals surface area (Å²) in [5, 5.41) is 3.28. The third-order valence-electron chi connectivity index (χ3n) is 3.20. The zero-order chi connectivity index (χ0) is 15.2. The van der Waals surface area contributed by atoms with Crippen LogP contribution in [0.3, 0.4) is 0 Å². The summed E-state index contributed by atoms with van der Waals surface area (Å²) in [7, 11) is 1.65. The Kier molecular flexibility index (Phi) is 4.25. The van der Waals surface area contributed by atoms with Gasteiger partial charge in [0.15, 0.2) is 5.82 Å². The molecule has 0 unspecified atom stereocenters. The van der Waals surface area contributed by atoms with E-state index in [0.29, 0.717) is 12.4 Å². The van der Waals surface area contributed by atoms with Crippen molar-refractivity contribution in [2.75, 3.05) is 12.4 Å². The van der Waals surface area contributed by atoms with E-state index in [1.54, 1.807) is 19.5 Å². The molecule has 2 heterocycles. The Bertz CT molecular complexity index is 729. The molecule has 3 rings (SSSR count). The number of nitrogens with one attached hydrogen (secondary N) is 1. The Hall–Kier alpha value is -2.95. The van der Waals surface area contributed by atoms with Gasteiger partial charge in [-0.2, -0.15) is 0 Å². The first-order valence-electron chi connectivity index (χ1n) is 6.95. The molecule has 5 nitrogen and oxygen atoms in total. The van der Waals surface area contributed by atoms with E-state index in [2.05, 4.69) is 20.3 Å². The van der Waals surface area contributed by atoms with Crippen LogP contribution in [0.5, 0.6) is 5.75 Å². The van der Waals surface area contributed by atoms with Gasteiger partial charge in [-0.3, -0.25) is 4.98 Å². The van der Waals surface area contributed by atoms with Crippen molar-refractivity contribution < 1.29 is 4.74 Å².